The number of carboxylic acid groups (broad SMARTS) is 1. The van der Waals surface area contributed by atoms with Crippen LogP contribution in [0, 0.1) is 0 Å². The second-order valence-corrected chi connectivity index (χ2v) is 6.84. The standard InChI is InChI=1S/C12H19NO13S/c13-6-8(16)9(5(24-11(6)19)2-23-27(20,21)22)26-12-7(15)3(14)1-4(25-12)10(17)18/h1,3,5-9,11-12,14-16,19H,2,13H2,(H,17,18)(H,20,21,22)/t3-,5+,6+,7+,8+,9+,11?,12-/m0/s1. The van der Waals surface area contributed by atoms with Crippen molar-refractivity contribution in [2.24, 2.45) is 5.73 Å². The van der Waals surface area contributed by atoms with Gasteiger partial charge in [-0.2, -0.15) is 8.42 Å². The van der Waals surface area contributed by atoms with E-state index < -0.39 is 77.9 Å². The molecule has 0 radical (unpaired) electrons. The third-order valence-electron chi connectivity index (χ3n) is 3.82. The molecule has 0 aromatic carbocycles. The number of carboxylic acids is 1. The number of aliphatic hydroxyl groups is 4. The van der Waals surface area contributed by atoms with Gasteiger partial charge >= 0.3 is 16.4 Å². The van der Waals surface area contributed by atoms with Gasteiger partial charge in [-0.25, -0.2) is 8.98 Å². The van der Waals surface area contributed by atoms with Crippen molar-refractivity contribution in [3.8, 4) is 0 Å². The summed E-state index contributed by atoms with van der Waals surface area (Å²) in [6, 6.07) is -1.43. The maximum absolute atomic E-state index is 11.0. The predicted octanol–water partition coefficient (Wildman–Crippen LogP) is -4.36. The van der Waals surface area contributed by atoms with Gasteiger partial charge in [-0.05, 0) is 6.08 Å². The van der Waals surface area contributed by atoms with Gasteiger partial charge in [0.05, 0.1) is 12.6 Å². The summed E-state index contributed by atoms with van der Waals surface area (Å²) in [5.74, 6) is -2.33. The van der Waals surface area contributed by atoms with Crippen molar-refractivity contribution in [1.82, 2.24) is 0 Å². The third kappa shape index (κ3) is 5.32. The Morgan fingerprint density at radius 1 is 1.22 bits per heavy atom. The van der Waals surface area contributed by atoms with Crippen LogP contribution in [0.2, 0.25) is 0 Å². The molecule has 2 rings (SSSR count). The second-order valence-electron chi connectivity index (χ2n) is 5.75. The minimum Gasteiger partial charge on any atom is -0.475 e. The van der Waals surface area contributed by atoms with Gasteiger partial charge in [0.15, 0.2) is 6.29 Å². The molecule has 156 valence electrons. The van der Waals surface area contributed by atoms with E-state index in [1.807, 2.05) is 0 Å². The zero-order valence-electron chi connectivity index (χ0n) is 13.4. The number of carbonyl (C=O) groups is 1. The molecule has 0 aliphatic carbocycles. The molecule has 15 heteroatoms. The number of rotatable bonds is 6. The van der Waals surface area contributed by atoms with Crippen LogP contribution < -0.4 is 5.73 Å². The largest absolute Gasteiger partial charge is 0.475 e. The summed E-state index contributed by atoms with van der Waals surface area (Å²) in [4.78, 5) is 11.0. The summed E-state index contributed by atoms with van der Waals surface area (Å²) in [6.45, 7) is -0.933. The molecule has 0 aromatic rings. The fourth-order valence-electron chi connectivity index (χ4n) is 2.44. The highest BCUT2D eigenvalue weighted by Gasteiger charge is 2.47. The smallest absolute Gasteiger partial charge is 0.397 e. The van der Waals surface area contributed by atoms with Gasteiger partial charge in [-0.3, -0.25) is 4.55 Å². The van der Waals surface area contributed by atoms with Crippen LogP contribution in [0.25, 0.3) is 0 Å². The van der Waals surface area contributed by atoms with Crippen molar-refractivity contribution in [2.75, 3.05) is 6.61 Å². The fraction of sp³-hybridized carbons (Fsp3) is 0.750. The predicted molar refractivity (Wildman–Crippen MR) is 79.8 cm³/mol. The van der Waals surface area contributed by atoms with Crippen LogP contribution in [0.4, 0.5) is 0 Å². The van der Waals surface area contributed by atoms with Gasteiger partial charge in [-0.1, -0.05) is 0 Å². The Labute approximate surface area is 152 Å². The number of hydrogen-bond donors (Lipinski definition) is 7. The Hall–Kier alpha value is -1.40. The Balaban J connectivity index is 2.20. The number of aliphatic hydroxyl groups excluding tert-OH is 4. The van der Waals surface area contributed by atoms with Gasteiger partial charge in [0, 0.05) is 0 Å². The van der Waals surface area contributed by atoms with Crippen molar-refractivity contribution in [2.45, 2.75) is 49.1 Å². The van der Waals surface area contributed by atoms with Crippen molar-refractivity contribution >= 4 is 16.4 Å². The highest BCUT2D eigenvalue weighted by Crippen LogP contribution is 2.27. The summed E-state index contributed by atoms with van der Waals surface area (Å²) >= 11 is 0. The lowest BCUT2D eigenvalue weighted by Crippen LogP contribution is -2.64. The normalized spacial score (nSPS) is 40.1. The molecule has 0 amide bonds. The molecular weight excluding hydrogens is 398 g/mol. The lowest BCUT2D eigenvalue weighted by atomic mass is 9.97. The zero-order valence-corrected chi connectivity index (χ0v) is 14.2. The first-order chi connectivity index (χ1) is 12.4. The molecule has 0 spiro atoms. The average Bonchev–Trinajstić information content (AvgIpc) is 2.56. The highest BCUT2D eigenvalue weighted by molar-refractivity contribution is 7.80. The van der Waals surface area contributed by atoms with E-state index in [9.17, 15) is 33.6 Å². The average molecular weight is 417 g/mol. The maximum Gasteiger partial charge on any atom is 0.397 e. The summed E-state index contributed by atoms with van der Waals surface area (Å²) < 4.78 is 49.3. The van der Waals surface area contributed by atoms with Crippen molar-refractivity contribution in [1.29, 1.82) is 0 Å². The van der Waals surface area contributed by atoms with Crippen molar-refractivity contribution in [3.05, 3.63) is 11.8 Å². The first-order valence-corrected chi connectivity index (χ1v) is 8.79. The monoisotopic (exact) mass is 417 g/mol. The van der Waals surface area contributed by atoms with Crippen LogP contribution in [-0.4, -0.2) is 100 Å². The molecule has 1 unspecified atom stereocenters. The van der Waals surface area contributed by atoms with Gasteiger partial charge in [0.1, 0.15) is 30.5 Å². The van der Waals surface area contributed by atoms with E-state index in [1.54, 1.807) is 0 Å². The Kier molecular flexibility index (Phi) is 6.74. The molecule has 1 fully saturated rings. The number of aliphatic carboxylic acids is 1. The summed E-state index contributed by atoms with van der Waals surface area (Å²) in [5, 5.41) is 48.4. The molecule has 27 heavy (non-hydrogen) atoms. The summed E-state index contributed by atoms with van der Waals surface area (Å²) in [6.07, 6.45) is -11.2. The van der Waals surface area contributed by atoms with Crippen LogP contribution in [0.1, 0.15) is 0 Å². The molecule has 0 saturated carbocycles. The molecular formula is C12H19NO13S. The molecule has 2 aliphatic rings. The van der Waals surface area contributed by atoms with E-state index in [0.717, 1.165) is 6.08 Å². The van der Waals surface area contributed by atoms with Crippen LogP contribution in [0.15, 0.2) is 11.8 Å². The van der Waals surface area contributed by atoms with Gasteiger partial charge < -0.3 is 45.5 Å². The van der Waals surface area contributed by atoms with Crippen LogP contribution >= 0.6 is 0 Å². The zero-order chi connectivity index (χ0) is 20.5. The quantitative estimate of drug-likeness (QED) is 0.202. The van der Waals surface area contributed by atoms with Gasteiger partial charge in [-0.15, -0.1) is 0 Å². The van der Waals surface area contributed by atoms with E-state index >= 15 is 0 Å². The third-order valence-corrected chi connectivity index (χ3v) is 4.25. The Morgan fingerprint density at radius 2 is 1.85 bits per heavy atom. The molecule has 0 aromatic heterocycles. The maximum atomic E-state index is 11.0. The lowest BCUT2D eigenvalue weighted by Gasteiger charge is -2.43. The number of nitrogens with two attached hydrogens (primary N) is 1. The SMILES string of the molecule is N[C@H]1C(O)O[C@H](COS(=O)(=O)O)[C@@H](O[C@@H]2OC(C(=O)O)=C[C@H](O)[C@H]2O)[C@@H]1O. The molecule has 1 saturated heterocycles. The molecule has 2 heterocycles. The van der Waals surface area contributed by atoms with E-state index in [0.29, 0.717) is 0 Å². The Morgan fingerprint density at radius 3 is 2.41 bits per heavy atom. The Bertz CT molecular complexity index is 681. The topological polar surface area (TPSA) is 236 Å². The fourth-order valence-corrected chi connectivity index (χ4v) is 2.75. The van der Waals surface area contributed by atoms with E-state index in [4.69, 9.17) is 29.6 Å². The number of ether oxygens (including phenoxy) is 3. The van der Waals surface area contributed by atoms with Crippen molar-refractivity contribution in [3.63, 3.8) is 0 Å². The minimum atomic E-state index is -4.91. The molecule has 2 aliphatic heterocycles. The summed E-state index contributed by atoms with van der Waals surface area (Å²) in [7, 11) is -4.91. The van der Waals surface area contributed by atoms with Crippen LogP contribution in [-0.2, 0) is 33.6 Å². The van der Waals surface area contributed by atoms with Crippen LogP contribution in [0.5, 0.6) is 0 Å². The van der Waals surface area contributed by atoms with Crippen LogP contribution in [0.3, 0.4) is 0 Å². The molecule has 0 bridgehead atoms. The van der Waals surface area contributed by atoms with E-state index in [-0.39, 0.29) is 0 Å². The first-order valence-electron chi connectivity index (χ1n) is 7.43. The van der Waals surface area contributed by atoms with E-state index in [1.165, 1.54) is 0 Å². The number of hydrogen-bond acceptors (Lipinski definition) is 12. The van der Waals surface area contributed by atoms with Gasteiger partial charge in [0.25, 0.3) is 0 Å². The summed E-state index contributed by atoms with van der Waals surface area (Å²) in [5.41, 5.74) is 5.53. The molecule has 14 nitrogen and oxygen atoms in total. The second kappa shape index (κ2) is 8.31. The van der Waals surface area contributed by atoms with E-state index in [2.05, 4.69) is 4.18 Å². The lowest BCUT2D eigenvalue weighted by molar-refractivity contribution is -0.303. The van der Waals surface area contributed by atoms with Gasteiger partial charge in [0.2, 0.25) is 12.0 Å². The minimum absolute atomic E-state index is 0.717. The first kappa shape index (κ1) is 21.9. The highest BCUT2D eigenvalue weighted by atomic mass is 32.3. The molecule has 8 atom stereocenters. The van der Waals surface area contributed by atoms with Crippen molar-refractivity contribution < 1.29 is 61.7 Å². The molecule has 8 N–H and O–H groups in total.